The van der Waals surface area contributed by atoms with E-state index in [1.807, 2.05) is 27.2 Å². The van der Waals surface area contributed by atoms with E-state index in [1.165, 1.54) is 38.5 Å². The summed E-state index contributed by atoms with van der Waals surface area (Å²) in [5.41, 5.74) is 0. The Morgan fingerprint density at radius 3 is 1.65 bits per heavy atom. The first-order valence-corrected chi connectivity index (χ1v) is 22.1. The maximum Gasteiger partial charge on any atom is 0.306 e. The summed E-state index contributed by atoms with van der Waals surface area (Å²) in [6, 6.07) is 0. The average Bonchev–Trinajstić information content (AvgIpc) is 3.12. The molecular weight excluding hydrogens is 701 g/mol. The number of likely N-dealkylation sites (N-methyl/N-ethyl adjacent to an activating group) is 1. The summed E-state index contributed by atoms with van der Waals surface area (Å²) in [6.07, 6.45) is 43.7. The highest BCUT2D eigenvalue weighted by Crippen LogP contribution is 2.38. The molecule has 0 saturated carbocycles. The van der Waals surface area contributed by atoms with Gasteiger partial charge in [0.25, 0.3) is 7.82 Å². The number of allylic oxidation sites excluding steroid dienone is 12. The van der Waals surface area contributed by atoms with E-state index in [0.29, 0.717) is 30.3 Å². The number of ether oxygens (including phenoxy) is 2. The van der Waals surface area contributed by atoms with Crippen LogP contribution >= 0.6 is 7.82 Å². The summed E-state index contributed by atoms with van der Waals surface area (Å²) in [6.45, 7) is 3.99. The molecule has 9 nitrogen and oxygen atoms in total. The fourth-order valence-corrected chi connectivity index (χ4v) is 5.71. The Bertz CT molecular complexity index is 1150. The van der Waals surface area contributed by atoms with Gasteiger partial charge in [-0.15, -0.1) is 0 Å². The van der Waals surface area contributed by atoms with Crippen LogP contribution < -0.4 is 4.89 Å². The van der Waals surface area contributed by atoms with Gasteiger partial charge in [0.05, 0.1) is 27.7 Å². The van der Waals surface area contributed by atoms with Crippen molar-refractivity contribution in [2.75, 3.05) is 47.5 Å². The van der Waals surface area contributed by atoms with Crippen molar-refractivity contribution in [3.8, 4) is 0 Å². The number of quaternary nitrogens is 1. The maximum atomic E-state index is 12.6. The topological polar surface area (TPSA) is 111 Å². The Morgan fingerprint density at radius 1 is 0.593 bits per heavy atom. The summed E-state index contributed by atoms with van der Waals surface area (Å²) >= 11 is 0. The molecular formula is C44H76NO8P. The van der Waals surface area contributed by atoms with Gasteiger partial charge in [0.2, 0.25) is 0 Å². The average molecular weight is 778 g/mol. The molecule has 0 aromatic heterocycles. The smallest absolute Gasteiger partial charge is 0.306 e. The second-order valence-corrected chi connectivity index (χ2v) is 16.0. The lowest BCUT2D eigenvalue weighted by Gasteiger charge is -2.28. The van der Waals surface area contributed by atoms with Gasteiger partial charge < -0.3 is 27.9 Å². The molecule has 0 aliphatic rings. The van der Waals surface area contributed by atoms with Crippen molar-refractivity contribution in [1.29, 1.82) is 0 Å². The Labute approximate surface area is 329 Å². The van der Waals surface area contributed by atoms with Gasteiger partial charge in [0.1, 0.15) is 19.8 Å². The van der Waals surface area contributed by atoms with Gasteiger partial charge in [-0.05, 0) is 77.0 Å². The number of carbonyl (C=O) groups excluding carboxylic acids is 2. The summed E-state index contributed by atoms with van der Waals surface area (Å²) < 4.78 is 33.7. The van der Waals surface area contributed by atoms with Crippen LogP contribution in [0, 0.1) is 0 Å². The highest BCUT2D eigenvalue weighted by atomic mass is 31.2. The third-order valence-electron chi connectivity index (χ3n) is 8.21. The molecule has 0 bridgehead atoms. The molecule has 1 unspecified atom stereocenters. The molecule has 54 heavy (non-hydrogen) atoms. The molecule has 0 aliphatic heterocycles. The molecule has 2 atom stereocenters. The first kappa shape index (κ1) is 51.5. The minimum atomic E-state index is -4.64. The van der Waals surface area contributed by atoms with Crippen LogP contribution in [0.1, 0.15) is 142 Å². The van der Waals surface area contributed by atoms with Crippen LogP contribution in [0.3, 0.4) is 0 Å². The third-order valence-corrected chi connectivity index (χ3v) is 9.17. The summed E-state index contributed by atoms with van der Waals surface area (Å²) in [5, 5.41) is 0. The Hall–Kier alpha value is -2.55. The SMILES string of the molecule is CC/C=C/C/C=C/C/C=C/C/C=C/C/C=C/CCCC(=O)O[C@H](COC(=O)CCCCC/C=C/CCCCCCCC)COP(=O)([O-])OCC[N+](C)(C)C. The van der Waals surface area contributed by atoms with Crippen LogP contribution in [0.25, 0.3) is 0 Å². The number of nitrogens with zero attached hydrogens (tertiary/aromatic N) is 1. The monoisotopic (exact) mass is 778 g/mol. The number of carbonyl (C=O) groups is 2. The van der Waals surface area contributed by atoms with Gasteiger partial charge in [0, 0.05) is 12.8 Å². The zero-order chi connectivity index (χ0) is 40.0. The highest BCUT2D eigenvalue weighted by Gasteiger charge is 2.21. The van der Waals surface area contributed by atoms with Crippen LogP contribution in [0.5, 0.6) is 0 Å². The molecule has 0 N–H and O–H groups in total. The highest BCUT2D eigenvalue weighted by molar-refractivity contribution is 7.45. The summed E-state index contributed by atoms with van der Waals surface area (Å²) in [5.74, 6) is -0.930. The first-order chi connectivity index (χ1) is 26.0. The zero-order valence-electron chi connectivity index (χ0n) is 34.6. The lowest BCUT2D eigenvalue weighted by Crippen LogP contribution is -2.37. The summed E-state index contributed by atoms with van der Waals surface area (Å²) in [7, 11) is 1.11. The molecule has 0 saturated heterocycles. The van der Waals surface area contributed by atoms with Gasteiger partial charge in [-0.2, -0.15) is 0 Å². The standard InChI is InChI=1S/C44H76NO8P/c1-6-8-10-12-14-16-18-20-21-22-23-25-27-29-31-33-35-37-44(47)53-42(41-52-54(48,49)51-39-38-45(3,4)5)40-50-43(46)36-34-32-30-28-26-24-19-17-15-13-11-9-7-2/h8,10,14,16,20-21,23-26,29,31,42H,6-7,9,11-13,15,17-19,22,27-28,30,32-41H2,1-5H3/b10-8+,16-14+,21-20+,25-23+,26-24+,31-29+/t42-/m1/s1. The van der Waals surface area contributed by atoms with Crippen LogP contribution in [-0.2, 0) is 32.7 Å². The molecule has 0 heterocycles. The van der Waals surface area contributed by atoms with Crippen molar-refractivity contribution < 1.29 is 42.1 Å². The lowest BCUT2D eigenvalue weighted by atomic mass is 10.1. The van der Waals surface area contributed by atoms with Crippen LogP contribution in [-0.4, -0.2) is 70.0 Å². The number of esters is 2. The van der Waals surface area contributed by atoms with Crippen molar-refractivity contribution in [1.82, 2.24) is 0 Å². The predicted molar refractivity (Wildman–Crippen MR) is 222 cm³/mol. The second kappa shape index (κ2) is 36.1. The van der Waals surface area contributed by atoms with Crippen molar-refractivity contribution >= 4 is 19.8 Å². The van der Waals surface area contributed by atoms with Gasteiger partial charge in [-0.3, -0.25) is 14.2 Å². The number of hydrogen-bond donors (Lipinski definition) is 0. The number of phosphoric ester groups is 1. The van der Waals surface area contributed by atoms with Gasteiger partial charge >= 0.3 is 11.9 Å². The van der Waals surface area contributed by atoms with Crippen LogP contribution in [0.2, 0.25) is 0 Å². The van der Waals surface area contributed by atoms with E-state index in [1.54, 1.807) is 0 Å². The predicted octanol–water partition coefficient (Wildman–Crippen LogP) is 10.8. The second-order valence-electron chi connectivity index (χ2n) is 14.6. The summed E-state index contributed by atoms with van der Waals surface area (Å²) in [4.78, 5) is 37.4. The molecule has 310 valence electrons. The normalized spacial score (nSPS) is 14.4. The van der Waals surface area contributed by atoms with E-state index in [2.05, 4.69) is 80.7 Å². The van der Waals surface area contributed by atoms with E-state index in [0.717, 1.165) is 57.8 Å². The molecule has 0 amide bonds. The fourth-order valence-electron chi connectivity index (χ4n) is 4.98. The quantitative estimate of drug-likeness (QED) is 0.0203. The molecule has 0 aromatic carbocycles. The van der Waals surface area contributed by atoms with Gasteiger partial charge in [0.15, 0.2) is 6.10 Å². The Kier molecular flexibility index (Phi) is 34.4. The van der Waals surface area contributed by atoms with Gasteiger partial charge in [-0.25, -0.2) is 0 Å². The van der Waals surface area contributed by atoms with Crippen molar-refractivity contribution in [2.45, 2.75) is 148 Å². The van der Waals surface area contributed by atoms with Crippen molar-refractivity contribution in [3.05, 3.63) is 72.9 Å². The van der Waals surface area contributed by atoms with E-state index < -0.39 is 32.5 Å². The first-order valence-electron chi connectivity index (χ1n) is 20.6. The van der Waals surface area contributed by atoms with E-state index in [-0.39, 0.29) is 26.1 Å². The number of phosphoric acid groups is 1. The van der Waals surface area contributed by atoms with Crippen molar-refractivity contribution in [2.24, 2.45) is 0 Å². The Morgan fingerprint density at radius 2 is 1.07 bits per heavy atom. The molecule has 0 rings (SSSR count). The van der Waals surface area contributed by atoms with E-state index in [9.17, 15) is 19.0 Å². The molecule has 0 fully saturated rings. The largest absolute Gasteiger partial charge is 0.756 e. The third kappa shape index (κ3) is 39.2. The van der Waals surface area contributed by atoms with E-state index in [4.69, 9.17) is 18.5 Å². The maximum absolute atomic E-state index is 12.6. The molecule has 0 spiro atoms. The van der Waals surface area contributed by atoms with Crippen LogP contribution in [0.15, 0.2) is 72.9 Å². The zero-order valence-corrected chi connectivity index (χ0v) is 35.5. The number of rotatable bonds is 36. The number of unbranched alkanes of at least 4 members (excludes halogenated alkanes) is 10. The molecule has 0 aromatic rings. The number of hydrogen-bond acceptors (Lipinski definition) is 8. The van der Waals surface area contributed by atoms with Crippen LogP contribution in [0.4, 0.5) is 0 Å². The minimum absolute atomic E-state index is 0.0472. The molecule has 10 heteroatoms. The lowest BCUT2D eigenvalue weighted by molar-refractivity contribution is -0.870. The molecule has 0 radical (unpaired) electrons. The molecule has 0 aliphatic carbocycles. The van der Waals surface area contributed by atoms with Gasteiger partial charge in [-0.1, -0.05) is 125 Å². The van der Waals surface area contributed by atoms with E-state index >= 15 is 0 Å². The minimum Gasteiger partial charge on any atom is -0.756 e. The van der Waals surface area contributed by atoms with Crippen molar-refractivity contribution in [3.63, 3.8) is 0 Å². The Balaban J connectivity index is 4.55. The fraction of sp³-hybridized carbons (Fsp3) is 0.682.